The van der Waals surface area contributed by atoms with Crippen molar-refractivity contribution in [2.45, 2.75) is 13.3 Å². The molecule has 0 amide bonds. The van der Waals surface area contributed by atoms with Gasteiger partial charge in [-0.3, -0.25) is 0 Å². The molecule has 1 aromatic carbocycles. The van der Waals surface area contributed by atoms with Gasteiger partial charge in [0.1, 0.15) is 5.76 Å². The number of carbonyl (C=O) groups excluding carboxylic acids is 1. The number of aromatic nitrogens is 1. The van der Waals surface area contributed by atoms with Gasteiger partial charge in [0.05, 0.1) is 6.61 Å². The topological polar surface area (TPSA) is 52.3 Å². The first-order valence-corrected chi connectivity index (χ1v) is 7.12. The molecule has 0 saturated heterocycles. The van der Waals surface area contributed by atoms with E-state index in [1.165, 1.54) is 0 Å². The molecular weight excluding hydrogens is 381 g/mol. The number of benzene rings is 1. The Hall–Kier alpha value is -1.08. The normalized spacial score (nSPS) is 10.5. The number of hydrogen-bond acceptors (Lipinski definition) is 4. The molecule has 0 spiro atoms. The quantitative estimate of drug-likeness (QED) is 0.589. The molecule has 0 bridgehead atoms. The van der Waals surface area contributed by atoms with Gasteiger partial charge in [0.2, 0.25) is 0 Å². The van der Waals surface area contributed by atoms with E-state index in [1.54, 1.807) is 19.1 Å². The molecule has 2 rings (SSSR count). The fourth-order valence-corrected chi connectivity index (χ4v) is 2.22. The molecule has 2 aromatic rings. The summed E-state index contributed by atoms with van der Waals surface area (Å²) in [6, 6.07) is 7.35. The number of hydrogen-bond donors (Lipinski definition) is 0. The summed E-state index contributed by atoms with van der Waals surface area (Å²) in [5.74, 6) is 0.0447. The lowest BCUT2D eigenvalue weighted by molar-refractivity contribution is 0.0518. The summed E-state index contributed by atoms with van der Waals surface area (Å²) < 4.78 is 10.8. The first kappa shape index (κ1) is 14.3. The SMILES string of the molecule is CCOC(=O)c1nc(I)oc1Cc1ccc(Cl)cc1. The van der Waals surface area contributed by atoms with Crippen LogP contribution in [0.15, 0.2) is 28.7 Å². The molecule has 19 heavy (non-hydrogen) atoms. The molecule has 0 aliphatic rings. The lowest BCUT2D eigenvalue weighted by Crippen LogP contribution is -2.08. The summed E-state index contributed by atoms with van der Waals surface area (Å²) >= 11 is 7.76. The average molecular weight is 392 g/mol. The van der Waals surface area contributed by atoms with Crippen molar-refractivity contribution in [3.05, 3.63) is 50.2 Å². The van der Waals surface area contributed by atoms with Gasteiger partial charge in [0, 0.05) is 34.0 Å². The van der Waals surface area contributed by atoms with Crippen LogP contribution in [-0.4, -0.2) is 17.6 Å². The molecule has 0 saturated carbocycles. The lowest BCUT2D eigenvalue weighted by Gasteiger charge is -2.02. The monoisotopic (exact) mass is 391 g/mol. The minimum absolute atomic E-state index is 0.237. The Labute approximate surface area is 129 Å². The molecule has 4 nitrogen and oxygen atoms in total. The van der Waals surface area contributed by atoms with Gasteiger partial charge in [-0.25, -0.2) is 4.79 Å². The molecule has 0 unspecified atom stereocenters. The first-order valence-electron chi connectivity index (χ1n) is 5.67. The summed E-state index contributed by atoms with van der Waals surface area (Å²) in [5, 5.41) is 0.668. The van der Waals surface area contributed by atoms with Crippen LogP contribution in [0.5, 0.6) is 0 Å². The second-order valence-electron chi connectivity index (χ2n) is 3.76. The minimum atomic E-state index is -0.460. The van der Waals surface area contributed by atoms with Crippen molar-refractivity contribution in [2.75, 3.05) is 6.61 Å². The van der Waals surface area contributed by atoms with Gasteiger partial charge in [0.15, 0.2) is 5.69 Å². The van der Waals surface area contributed by atoms with E-state index in [1.807, 2.05) is 34.7 Å². The molecular formula is C13H11ClINO3. The molecule has 1 aromatic heterocycles. The van der Waals surface area contributed by atoms with Gasteiger partial charge in [-0.05, 0) is 24.6 Å². The van der Waals surface area contributed by atoms with E-state index in [-0.39, 0.29) is 5.69 Å². The maximum atomic E-state index is 11.8. The molecule has 0 N–H and O–H groups in total. The maximum Gasteiger partial charge on any atom is 0.360 e. The summed E-state index contributed by atoms with van der Waals surface area (Å²) in [6.45, 7) is 2.06. The highest BCUT2D eigenvalue weighted by atomic mass is 127. The van der Waals surface area contributed by atoms with Crippen LogP contribution in [0.25, 0.3) is 0 Å². The second-order valence-corrected chi connectivity index (χ2v) is 5.12. The Morgan fingerprint density at radius 1 is 1.42 bits per heavy atom. The minimum Gasteiger partial charge on any atom is -0.461 e. The van der Waals surface area contributed by atoms with Gasteiger partial charge in [-0.15, -0.1) is 0 Å². The summed E-state index contributed by atoms with van der Waals surface area (Å²) in [4.78, 5) is 15.8. The Balaban J connectivity index is 2.24. The van der Waals surface area contributed by atoms with Gasteiger partial charge >= 0.3 is 5.97 Å². The number of esters is 1. The van der Waals surface area contributed by atoms with Crippen LogP contribution < -0.4 is 0 Å². The van der Waals surface area contributed by atoms with Crippen molar-refractivity contribution >= 4 is 40.2 Å². The average Bonchev–Trinajstić information content (AvgIpc) is 2.74. The van der Waals surface area contributed by atoms with Crippen LogP contribution in [-0.2, 0) is 11.2 Å². The van der Waals surface area contributed by atoms with Gasteiger partial charge in [0.25, 0.3) is 3.90 Å². The zero-order valence-corrected chi connectivity index (χ0v) is 13.1. The molecule has 1 heterocycles. The standard InChI is InChI=1S/C13H11ClINO3/c1-2-18-12(17)11-10(19-13(15)16-11)7-8-3-5-9(14)6-4-8/h3-6H,2,7H2,1H3. The fourth-order valence-electron chi connectivity index (χ4n) is 1.59. The molecule has 0 aliphatic heterocycles. The lowest BCUT2D eigenvalue weighted by atomic mass is 10.1. The van der Waals surface area contributed by atoms with Gasteiger partial charge in [-0.2, -0.15) is 4.98 Å². The zero-order valence-electron chi connectivity index (χ0n) is 10.2. The molecule has 0 radical (unpaired) electrons. The predicted molar refractivity (Wildman–Crippen MR) is 79.4 cm³/mol. The van der Waals surface area contributed by atoms with Crippen molar-refractivity contribution in [1.82, 2.24) is 4.98 Å². The van der Waals surface area contributed by atoms with E-state index in [9.17, 15) is 4.79 Å². The van der Waals surface area contributed by atoms with Crippen LogP contribution >= 0.6 is 34.2 Å². The number of rotatable bonds is 4. The third-order valence-corrected chi connectivity index (χ3v) is 3.13. The largest absolute Gasteiger partial charge is 0.461 e. The molecule has 0 aliphatic carbocycles. The molecule has 0 fully saturated rings. The highest BCUT2D eigenvalue weighted by Gasteiger charge is 2.20. The smallest absolute Gasteiger partial charge is 0.360 e. The van der Waals surface area contributed by atoms with Crippen molar-refractivity contribution in [3.63, 3.8) is 0 Å². The van der Waals surface area contributed by atoms with E-state index in [2.05, 4.69) is 4.98 Å². The second kappa shape index (κ2) is 6.38. The molecule has 0 atom stereocenters. The zero-order chi connectivity index (χ0) is 13.8. The number of carbonyl (C=O) groups is 1. The van der Waals surface area contributed by atoms with Crippen LogP contribution in [0.3, 0.4) is 0 Å². The maximum absolute atomic E-state index is 11.8. The van der Waals surface area contributed by atoms with Crippen LogP contribution in [0.2, 0.25) is 5.02 Å². The Kier molecular flexibility index (Phi) is 4.81. The van der Waals surface area contributed by atoms with Gasteiger partial charge < -0.3 is 9.15 Å². The van der Waals surface area contributed by atoms with Crippen molar-refractivity contribution < 1.29 is 13.9 Å². The van der Waals surface area contributed by atoms with E-state index in [0.29, 0.717) is 27.7 Å². The van der Waals surface area contributed by atoms with E-state index < -0.39 is 5.97 Å². The number of nitrogens with zero attached hydrogens (tertiary/aromatic N) is 1. The summed E-state index contributed by atoms with van der Waals surface area (Å²) in [7, 11) is 0. The first-order chi connectivity index (χ1) is 9.10. The molecule has 100 valence electrons. The van der Waals surface area contributed by atoms with Crippen molar-refractivity contribution in [1.29, 1.82) is 0 Å². The number of halogens is 2. The van der Waals surface area contributed by atoms with Crippen molar-refractivity contribution in [3.8, 4) is 0 Å². The van der Waals surface area contributed by atoms with E-state index >= 15 is 0 Å². The fraction of sp³-hybridized carbons (Fsp3) is 0.231. The van der Waals surface area contributed by atoms with E-state index in [4.69, 9.17) is 20.8 Å². The van der Waals surface area contributed by atoms with Crippen LogP contribution in [0.4, 0.5) is 0 Å². The Bertz CT molecular complexity index is 580. The van der Waals surface area contributed by atoms with Crippen LogP contribution in [0, 0.1) is 3.90 Å². The predicted octanol–water partition coefficient (Wildman–Crippen LogP) is 3.70. The summed E-state index contributed by atoms with van der Waals surface area (Å²) in [6.07, 6.45) is 0.474. The number of ether oxygens (including phenoxy) is 1. The molecule has 6 heteroatoms. The van der Waals surface area contributed by atoms with Crippen molar-refractivity contribution in [2.24, 2.45) is 0 Å². The summed E-state index contributed by atoms with van der Waals surface area (Å²) in [5.41, 5.74) is 1.23. The van der Waals surface area contributed by atoms with Gasteiger partial charge in [-0.1, -0.05) is 23.7 Å². The van der Waals surface area contributed by atoms with E-state index in [0.717, 1.165) is 5.56 Å². The Morgan fingerprint density at radius 2 is 2.11 bits per heavy atom. The highest BCUT2D eigenvalue weighted by molar-refractivity contribution is 14.1. The number of oxazole rings is 1. The Morgan fingerprint density at radius 3 is 2.74 bits per heavy atom. The van der Waals surface area contributed by atoms with Crippen LogP contribution in [0.1, 0.15) is 28.7 Å². The highest BCUT2D eigenvalue weighted by Crippen LogP contribution is 2.19. The third-order valence-electron chi connectivity index (χ3n) is 2.42. The third kappa shape index (κ3) is 3.70.